The van der Waals surface area contributed by atoms with Crippen molar-refractivity contribution in [2.75, 3.05) is 0 Å². The molecule has 0 atom stereocenters. The molecule has 4 rings (SSSR count). The predicted molar refractivity (Wildman–Crippen MR) is 83.0 cm³/mol. The number of carboxylic acids is 1. The van der Waals surface area contributed by atoms with Gasteiger partial charge in [-0.2, -0.15) is 5.10 Å². The molecule has 23 heavy (non-hydrogen) atoms. The molecular formula is C16H16N2O4S. The van der Waals surface area contributed by atoms with Gasteiger partial charge in [-0.05, 0) is 18.9 Å². The van der Waals surface area contributed by atoms with E-state index in [2.05, 4.69) is 5.10 Å². The molecule has 1 aliphatic heterocycles. The third kappa shape index (κ3) is 2.10. The highest BCUT2D eigenvalue weighted by Gasteiger charge is 2.37. The number of nitrogens with zero attached hydrogens (tertiary/aromatic N) is 2. The Labute approximate surface area is 133 Å². The number of hydrogen-bond acceptors (Lipinski definition) is 4. The van der Waals surface area contributed by atoms with E-state index < -0.39 is 15.8 Å². The first-order chi connectivity index (χ1) is 11.0. The molecule has 7 heteroatoms. The molecule has 2 heterocycles. The molecule has 0 amide bonds. The van der Waals surface area contributed by atoms with Crippen LogP contribution in [0.5, 0.6) is 0 Å². The maximum atomic E-state index is 12.5. The molecule has 1 aromatic carbocycles. The first kappa shape index (κ1) is 14.4. The quantitative estimate of drug-likeness (QED) is 0.913. The Morgan fingerprint density at radius 3 is 2.61 bits per heavy atom. The Hall–Kier alpha value is -2.15. The highest BCUT2D eigenvalue weighted by Crippen LogP contribution is 2.42. The van der Waals surface area contributed by atoms with Crippen LogP contribution in [0.4, 0.5) is 0 Å². The lowest BCUT2D eigenvalue weighted by Gasteiger charge is -2.21. The number of aromatic nitrogens is 2. The van der Waals surface area contributed by atoms with E-state index in [0.717, 1.165) is 25.7 Å². The molecule has 0 unspecified atom stereocenters. The van der Waals surface area contributed by atoms with Crippen molar-refractivity contribution in [1.82, 2.24) is 9.78 Å². The molecule has 0 bridgehead atoms. The molecule has 1 aromatic heterocycles. The second kappa shape index (κ2) is 4.92. The fraction of sp³-hybridized carbons (Fsp3) is 0.375. The minimum atomic E-state index is -3.54. The largest absolute Gasteiger partial charge is 0.476 e. The Kier molecular flexibility index (Phi) is 3.09. The lowest BCUT2D eigenvalue weighted by molar-refractivity contribution is 0.0688. The van der Waals surface area contributed by atoms with Crippen molar-refractivity contribution >= 4 is 15.8 Å². The van der Waals surface area contributed by atoms with Crippen molar-refractivity contribution in [3.05, 3.63) is 35.5 Å². The van der Waals surface area contributed by atoms with Gasteiger partial charge in [-0.3, -0.25) is 4.68 Å². The molecule has 120 valence electrons. The van der Waals surface area contributed by atoms with Gasteiger partial charge in [0.15, 0.2) is 15.5 Å². The van der Waals surface area contributed by atoms with Crippen LogP contribution in [0.25, 0.3) is 11.3 Å². The summed E-state index contributed by atoms with van der Waals surface area (Å²) in [6.45, 7) is 0. The summed E-state index contributed by atoms with van der Waals surface area (Å²) in [5.74, 6) is -1.47. The summed E-state index contributed by atoms with van der Waals surface area (Å²) < 4.78 is 26.8. The minimum absolute atomic E-state index is 0.134. The SMILES string of the molecule is O=C(O)c1nn(C2CCCC2)c2c1CS(=O)(=O)c1ccccc1-2. The van der Waals surface area contributed by atoms with Crippen LogP contribution in [0.15, 0.2) is 29.2 Å². The fourth-order valence-corrected chi connectivity index (χ4v) is 5.27. The Balaban J connectivity index is 2.04. The summed E-state index contributed by atoms with van der Waals surface area (Å²) in [5, 5.41) is 13.7. The van der Waals surface area contributed by atoms with Gasteiger partial charge in [-0.15, -0.1) is 0 Å². The number of rotatable bonds is 2. The number of carboxylic acid groups (broad SMARTS) is 1. The van der Waals surface area contributed by atoms with E-state index >= 15 is 0 Å². The van der Waals surface area contributed by atoms with Crippen LogP contribution >= 0.6 is 0 Å². The van der Waals surface area contributed by atoms with Gasteiger partial charge in [0.2, 0.25) is 0 Å². The van der Waals surface area contributed by atoms with Crippen LogP contribution in [0.3, 0.4) is 0 Å². The average Bonchev–Trinajstić information content (AvgIpc) is 3.13. The van der Waals surface area contributed by atoms with Gasteiger partial charge in [0, 0.05) is 11.1 Å². The second-order valence-corrected chi connectivity index (χ2v) is 8.08. The number of benzene rings is 1. The van der Waals surface area contributed by atoms with Crippen molar-refractivity contribution in [2.45, 2.75) is 42.4 Å². The molecular weight excluding hydrogens is 316 g/mol. The minimum Gasteiger partial charge on any atom is -0.476 e. The summed E-state index contributed by atoms with van der Waals surface area (Å²) in [6, 6.07) is 6.93. The highest BCUT2D eigenvalue weighted by atomic mass is 32.2. The summed E-state index contributed by atoms with van der Waals surface area (Å²) in [7, 11) is -3.54. The molecule has 1 aliphatic carbocycles. The number of aromatic carboxylic acids is 1. The van der Waals surface area contributed by atoms with Crippen LogP contribution in [-0.4, -0.2) is 29.3 Å². The molecule has 2 aliphatic rings. The van der Waals surface area contributed by atoms with Gasteiger partial charge in [-0.25, -0.2) is 13.2 Å². The van der Waals surface area contributed by atoms with Crippen LogP contribution in [0, 0.1) is 0 Å². The van der Waals surface area contributed by atoms with Crippen molar-refractivity contribution < 1.29 is 18.3 Å². The first-order valence-corrected chi connectivity index (χ1v) is 9.31. The monoisotopic (exact) mass is 332 g/mol. The molecule has 6 nitrogen and oxygen atoms in total. The topological polar surface area (TPSA) is 89.3 Å². The van der Waals surface area contributed by atoms with Gasteiger partial charge in [0.25, 0.3) is 0 Å². The number of fused-ring (bicyclic) bond motifs is 3. The van der Waals surface area contributed by atoms with Crippen molar-refractivity contribution in [2.24, 2.45) is 0 Å². The van der Waals surface area contributed by atoms with E-state index in [4.69, 9.17) is 0 Å². The van der Waals surface area contributed by atoms with Crippen molar-refractivity contribution in [3.8, 4) is 11.3 Å². The Morgan fingerprint density at radius 1 is 1.22 bits per heavy atom. The summed E-state index contributed by atoms with van der Waals surface area (Å²) >= 11 is 0. The van der Waals surface area contributed by atoms with Crippen LogP contribution < -0.4 is 0 Å². The highest BCUT2D eigenvalue weighted by molar-refractivity contribution is 7.90. The summed E-state index contributed by atoms with van der Waals surface area (Å²) in [6.07, 6.45) is 4.06. The lowest BCUT2D eigenvalue weighted by atomic mass is 10.0. The van der Waals surface area contributed by atoms with E-state index in [0.29, 0.717) is 16.8 Å². The van der Waals surface area contributed by atoms with Crippen molar-refractivity contribution in [3.63, 3.8) is 0 Å². The third-order valence-corrected chi connectivity index (χ3v) is 6.39. The van der Waals surface area contributed by atoms with E-state index in [-0.39, 0.29) is 22.4 Å². The zero-order chi connectivity index (χ0) is 16.2. The average molecular weight is 332 g/mol. The molecule has 0 spiro atoms. The van der Waals surface area contributed by atoms with E-state index in [1.54, 1.807) is 28.9 Å². The van der Waals surface area contributed by atoms with E-state index in [9.17, 15) is 18.3 Å². The number of sulfone groups is 1. The normalized spacial score (nSPS) is 19.3. The maximum absolute atomic E-state index is 12.5. The zero-order valence-electron chi connectivity index (χ0n) is 12.4. The smallest absolute Gasteiger partial charge is 0.356 e. The first-order valence-electron chi connectivity index (χ1n) is 7.66. The molecule has 1 N–H and O–H groups in total. The van der Waals surface area contributed by atoms with E-state index in [1.165, 1.54) is 0 Å². The van der Waals surface area contributed by atoms with Gasteiger partial charge < -0.3 is 5.11 Å². The summed E-state index contributed by atoms with van der Waals surface area (Å²) in [5.41, 5.74) is 1.42. The van der Waals surface area contributed by atoms with E-state index in [1.807, 2.05) is 0 Å². The number of hydrogen-bond donors (Lipinski definition) is 1. The standard InChI is InChI=1S/C16H16N2O4S/c19-16(20)14-12-9-23(21,22)13-8-4-3-7-11(13)15(12)18(17-14)10-5-1-2-6-10/h3-4,7-8,10H,1-2,5-6,9H2,(H,19,20). The second-order valence-electron chi connectivity index (χ2n) is 6.12. The third-order valence-electron chi connectivity index (χ3n) is 4.69. The predicted octanol–water partition coefficient (Wildman–Crippen LogP) is 2.65. The Morgan fingerprint density at radius 2 is 1.91 bits per heavy atom. The fourth-order valence-electron chi connectivity index (χ4n) is 3.68. The molecule has 1 saturated carbocycles. The number of carbonyl (C=O) groups is 1. The molecule has 2 aromatic rings. The van der Waals surface area contributed by atoms with Crippen LogP contribution in [0.2, 0.25) is 0 Å². The van der Waals surface area contributed by atoms with Gasteiger partial charge in [0.1, 0.15) is 0 Å². The van der Waals surface area contributed by atoms with Crippen LogP contribution in [0.1, 0.15) is 47.8 Å². The van der Waals surface area contributed by atoms with Gasteiger partial charge >= 0.3 is 5.97 Å². The van der Waals surface area contributed by atoms with Gasteiger partial charge in [-0.1, -0.05) is 31.0 Å². The lowest BCUT2D eigenvalue weighted by Crippen LogP contribution is -2.16. The van der Waals surface area contributed by atoms with Crippen molar-refractivity contribution in [1.29, 1.82) is 0 Å². The Bertz CT molecular complexity index is 908. The van der Waals surface area contributed by atoms with Gasteiger partial charge in [0.05, 0.1) is 22.4 Å². The molecule has 0 saturated heterocycles. The maximum Gasteiger partial charge on any atom is 0.356 e. The zero-order valence-corrected chi connectivity index (χ0v) is 13.2. The summed E-state index contributed by atoms with van der Waals surface area (Å²) in [4.78, 5) is 11.8. The molecule has 1 fully saturated rings. The molecule has 0 radical (unpaired) electrons. The van der Waals surface area contributed by atoms with Crippen LogP contribution in [-0.2, 0) is 15.6 Å².